The van der Waals surface area contributed by atoms with Gasteiger partial charge < -0.3 is 10.6 Å². The van der Waals surface area contributed by atoms with Gasteiger partial charge >= 0.3 is 0 Å². The molecule has 1 heterocycles. The highest BCUT2D eigenvalue weighted by molar-refractivity contribution is 4.94. The quantitative estimate of drug-likeness (QED) is 0.643. The van der Waals surface area contributed by atoms with E-state index in [-0.39, 0.29) is 0 Å². The van der Waals surface area contributed by atoms with Crippen molar-refractivity contribution in [3.63, 3.8) is 0 Å². The Kier molecular flexibility index (Phi) is 3.83. The van der Waals surface area contributed by atoms with Crippen LogP contribution in [0.4, 0.5) is 0 Å². The van der Waals surface area contributed by atoms with Gasteiger partial charge in [-0.1, -0.05) is 41.5 Å². The standard InChI is InChI=1S/C13H28N2/c1-12(2,3)10-9-14-7-8-15-11(10)13(4,5)6/h10-11,14-15H,7-9H2,1-6H3. The van der Waals surface area contributed by atoms with Gasteiger partial charge in [-0.3, -0.25) is 0 Å². The van der Waals surface area contributed by atoms with Crippen LogP contribution in [-0.2, 0) is 0 Å². The van der Waals surface area contributed by atoms with Crippen molar-refractivity contribution in [2.45, 2.75) is 47.6 Å². The normalized spacial score (nSPS) is 30.0. The average Bonchev–Trinajstić information content (AvgIpc) is 2.24. The molecule has 2 heteroatoms. The van der Waals surface area contributed by atoms with Crippen LogP contribution in [0.25, 0.3) is 0 Å². The van der Waals surface area contributed by atoms with Crippen LogP contribution in [0.15, 0.2) is 0 Å². The van der Waals surface area contributed by atoms with Gasteiger partial charge in [-0.05, 0) is 16.7 Å². The maximum atomic E-state index is 3.72. The molecule has 1 aliphatic rings. The van der Waals surface area contributed by atoms with E-state index >= 15 is 0 Å². The van der Waals surface area contributed by atoms with E-state index in [0.717, 1.165) is 19.6 Å². The van der Waals surface area contributed by atoms with E-state index in [0.29, 0.717) is 22.8 Å². The van der Waals surface area contributed by atoms with Crippen molar-refractivity contribution in [3.05, 3.63) is 0 Å². The van der Waals surface area contributed by atoms with Crippen LogP contribution in [0.1, 0.15) is 41.5 Å². The molecule has 90 valence electrons. The number of nitrogens with one attached hydrogen (secondary N) is 2. The molecular formula is C13H28N2. The predicted molar refractivity (Wildman–Crippen MR) is 67.1 cm³/mol. The van der Waals surface area contributed by atoms with Crippen LogP contribution >= 0.6 is 0 Å². The van der Waals surface area contributed by atoms with E-state index in [9.17, 15) is 0 Å². The summed E-state index contributed by atoms with van der Waals surface area (Å²) in [5.41, 5.74) is 0.701. The lowest BCUT2D eigenvalue weighted by Gasteiger charge is -2.43. The molecule has 0 aromatic rings. The second-order valence-corrected chi connectivity index (χ2v) is 6.97. The Morgan fingerprint density at radius 2 is 1.47 bits per heavy atom. The predicted octanol–water partition coefficient (Wildman–Crippen LogP) is 2.26. The molecule has 0 radical (unpaired) electrons. The molecule has 15 heavy (non-hydrogen) atoms. The summed E-state index contributed by atoms with van der Waals surface area (Å²) in [6, 6.07) is 0.604. The van der Waals surface area contributed by atoms with E-state index < -0.39 is 0 Å². The third kappa shape index (κ3) is 3.46. The molecular weight excluding hydrogens is 184 g/mol. The molecule has 0 amide bonds. The average molecular weight is 212 g/mol. The van der Waals surface area contributed by atoms with Crippen molar-refractivity contribution in [3.8, 4) is 0 Å². The van der Waals surface area contributed by atoms with Crippen LogP contribution in [0.5, 0.6) is 0 Å². The second kappa shape index (κ2) is 4.42. The van der Waals surface area contributed by atoms with Crippen LogP contribution in [0.3, 0.4) is 0 Å². The highest BCUT2D eigenvalue weighted by Gasteiger charge is 2.38. The van der Waals surface area contributed by atoms with Gasteiger partial charge in [0.25, 0.3) is 0 Å². The fourth-order valence-corrected chi connectivity index (χ4v) is 2.55. The van der Waals surface area contributed by atoms with Crippen molar-refractivity contribution in [1.82, 2.24) is 10.6 Å². The molecule has 1 aliphatic heterocycles. The van der Waals surface area contributed by atoms with Gasteiger partial charge in [0, 0.05) is 25.7 Å². The smallest absolute Gasteiger partial charge is 0.0161 e. The van der Waals surface area contributed by atoms with Crippen LogP contribution in [-0.4, -0.2) is 25.7 Å². The highest BCUT2D eigenvalue weighted by atomic mass is 15.0. The summed E-state index contributed by atoms with van der Waals surface area (Å²) in [5.74, 6) is 0.694. The molecule has 0 spiro atoms. The molecule has 0 bridgehead atoms. The van der Waals surface area contributed by atoms with Gasteiger partial charge in [0.15, 0.2) is 0 Å². The monoisotopic (exact) mass is 212 g/mol. The third-order valence-electron chi connectivity index (χ3n) is 3.48. The Balaban J connectivity index is 2.86. The topological polar surface area (TPSA) is 24.1 Å². The Hall–Kier alpha value is -0.0800. The first kappa shape index (κ1) is 13.0. The zero-order valence-corrected chi connectivity index (χ0v) is 11.3. The summed E-state index contributed by atoms with van der Waals surface area (Å²) in [6.45, 7) is 17.4. The molecule has 0 aromatic heterocycles. The van der Waals surface area contributed by atoms with Crippen molar-refractivity contribution in [2.75, 3.05) is 19.6 Å². The van der Waals surface area contributed by atoms with Crippen molar-refractivity contribution >= 4 is 0 Å². The van der Waals surface area contributed by atoms with Crippen LogP contribution in [0.2, 0.25) is 0 Å². The molecule has 1 rings (SSSR count). The minimum Gasteiger partial charge on any atom is -0.315 e. The van der Waals surface area contributed by atoms with Crippen LogP contribution in [0, 0.1) is 16.7 Å². The molecule has 1 fully saturated rings. The van der Waals surface area contributed by atoms with Gasteiger partial charge in [-0.15, -0.1) is 0 Å². The largest absolute Gasteiger partial charge is 0.315 e. The van der Waals surface area contributed by atoms with Gasteiger partial charge in [-0.2, -0.15) is 0 Å². The van der Waals surface area contributed by atoms with E-state index in [2.05, 4.69) is 52.2 Å². The summed E-state index contributed by atoms with van der Waals surface area (Å²) < 4.78 is 0. The maximum Gasteiger partial charge on any atom is 0.0161 e. The van der Waals surface area contributed by atoms with Crippen LogP contribution < -0.4 is 10.6 Å². The summed E-state index contributed by atoms with van der Waals surface area (Å²) in [7, 11) is 0. The Labute approximate surface area is 95.2 Å². The number of rotatable bonds is 0. The van der Waals surface area contributed by atoms with Crippen molar-refractivity contribution < 1.29 is 0 Å². The van der Waals surface area contributed by atoms with Gasteiger partial charge in [0.1, 0.15) is 0 Å². The number of hydrogen-bond acceptors (Lipinski definition) is 2. The summed E-state index contributed by atoms with van der Waals surface area (Å²) in [5, 5.41) is 7.26. The molecule has 0 aromatic carbocycles. The first-order chi connectivity index (χ1) is 6.73. The lowest BCUT2D eigenvalue weighted by molar-refractivity contribution is 0.113. The minimum absolute atomic E-state index is 0.337. The SMILES string of the molecule is CC(C)(C)C1CNCCNC1C(C)(C)C. The Bertz CT molecular complexity index is 176. The number of hydrogen-bond donors (Lipinski definition) is 2. The van der Waals surface area contributed by atoms with E-state index in [4.69, 9.17) is 0 Å². The minimum atomic E-state index is 0.337. The lowest BCUT2D eigenvalue weighted by atomic mass is 9.68. The Morgan fingerprint density at radius 3 is 1.93 bits per heavy atom. The molecule has 2 atom stereocenters. The fourth-order valence-electron chi connectivity index (χ4n) is 2.55. The van der Waals surface area contributed by atoms with Gasteiger partial charge in [-0.25, -0.2) is 0 Å². The lowest BCUT2D eigenvalue weighted by Crippen LogP contribution is -2.50. The molecule has 2 N–H and O–H groups in total. The first-order valence-electron chi connectivity index (χ1n) is 6.17. The summed E-state index contributed by atoms with van der Waals surface area (Å²) in [4.78, 5) is 0. The zero-order chi connectivity index (χ0) is 11.7. The highest BCUT2D eigenvalue weighted by Crippen LogP contribution is 2.36. The van der Waals surface area contributed by atoms with E-state index in [1.807, 2.05) is 0 Å². The van der Waals surface area contributed by atoms with Crippen molar-refractivity contribution in [2.24, 2.45) is 16.7 Å². The van der Waals surface area contributed by atoms with Crippen molar-refractivity contribution in [1.29, 1.82) is 0 Å². The fraction of sp³-hybridized carbons (Fsp3) is 1.00. The van der Waals surface area contributed by atoms with E-state index in [1.54, 1.807) is 0 Å². The molecule has 2 unspecified atom stereocenters. The second-order valence-electron chi connectivity index (χ2n) is 6.97. The summed E-state index contributed by atoms with van der Waals surface area (Å²) >= 11 is 0. The summed E-state index contributed by atoms with van der Waals surface area (Å²) in [6.07, 6.45) is 0. The molecule has 1 saturated heterocycles. The third-order valence-corrected chi connectivity index (χ3v) is 3.48. The van der Waals surface area contributed by atoms with Gasteiger partial charge in [0.2, 0.25) is 0 Å². The van der Waals surface area contributed by atoms with E-state index in [1.165, 1.54) is 0 Å². The molecule has 0 saturated carbocycles. The Morgan fingerprint density at radius 1 is 0.867 bits per heavy atom. The maximum absolute atomic E-state index is 3.72. The molecule has 0 aliphatic carbocycles. The first-order valence-corrected chi connectivity index (χ1v) is 6.17. The van der Waals surface area contributed by atoms with Gasteiger partial charge in [0.05, 0.1) is 0 Å². The zero-order valence-electron chi connectivity index (χ0n) is 11.3. The molecule has 2 nitrogen and oxygen atoms in total.